The lowest BCUT2D eigenvalue weighted by molar-refractivity contribution is 0.111. The zero-order valence-corrected chi connectivity index (χ0v) is 7.45. The van der Waals surface area contributed by atoms with Crippen LogP contribution >= 0.6 is 0 Å². The van der Waals surface area contributed by atoms with Crippen LogP contribution in [0.3, 0.4) is 0 Å². The summed E-state index contributed by atoms with van der Waals surface area (Å²) in [4.78, 5) is 12.9. The van der Waals surface area contributed by atoms with Gasteiger partial charge in [-0.1, -0.05) is 25.5 Å². The van der Waals surface area contributed by atoms with E-state index >= 15 is 0 Å². The maximum atomic E-state index is 11.2. The Kier molecular flexibility index (Phi) is 3.64. The minimum absolute atomic E-state index is 0.187. The number of nitrogens with zero attached hydrogens (tertiary/aromatic N) is 1. The van der Waals surface area contributed by atoms with Gasteiger partial charge < -0.3 is 9.64 Å². The number of carbonyl (C=O) groups excluding carboxylic acids is 1. The predicted octanol–water partition coefficient (Wildman–Crippen LogP) is 1.79. The second-order valence-corrected chi connectivity index (χ2v) is 2.84. The molecule has 3 heteroatoms. The lowest BCUT2D eigenvalue weighted by Crippen LogP contribution is -2.29. The molecule has 1 heterocycles. The van der Waals surface area contributed by atoms with Gasteiger partial charge >= 0.3 is 6.09 Å². The zero-order chi connectivity index (χ0) is 8.81. The lowest BCUT2D eigenvalue weighted by atomic mass is 10.4. The zero-order valence-electron chi connectivity index (χ0n) is 7.45. The first kappa shape index (κ1) is 9.10. The first-order valence-corrected chi connectivity index (χ1v) is 4.41. The molecule has 0 radical (unpaired) electrons. The van der Waals surface area contributed by atoms with Crippen molar-refractivity contribution in [3.05, 3.63) is 12.2 Å². The normalized spacial score (nSPS) is 15.2. The number of hydrogen-bond donors (Lipinski definition) is 0. The van der Waals surface area contributed by atoms with E-state index in [4.69, 9.17) is 4.74 Å². The molecule has 12 heavy (non-hydrogen) atoms. The minimum atomic E-state index is -0.187. The van der Waals surface area contributed by atoms with E-state index in [1.165, 1.54) is 0 Å². The Morgan fingerprint density at radius 2 is 2.17 bits per heavy atom. The van der Waals surface area contributed by atoms with Gasteiger partial charge in [-0.15, -0.1) is 0 Å². The topological polar surface area (TPSA) is 29.5 Å². The molecule has 0 fully saturated rings. The van der Waals surface area contributed by atoms with E-state index in [2.05, 4.69) is 6.92 Å². The Hall–Kier alpha value is -0.990. The SMILES string of the molecule is CCCCOC(=O)N1CC=CC1. The van der Waals surface area contributed by atoms with E-state index in [0.29, 0.717) is 19.7 Å². The molecule has 0 unspecified atom stereocenters. The molecule has 0 spiro atoms. The number of amides is 1. The van der Waals surface area contributed by atoms with E-state index in [-0.39, 0.29) is 6.09 Å². The number of rotatable bonds is 3. The van der Waals surface area contributed by atoms with Gasteiger partial charge in [0.2, 0.25) is 0 Å². The van der Waals surface area contributed by atoms with Gasteiger partial charge in [0.25, 0.3) is 0 Å². The summed E-state index contributed by atoms with van der Waals surface area (Å²) in [6, 6.07) is 0. The van der Waals surface area contributed by atoms with E-state index in [0.717, 1.165) is 12.8 Å². The van der Waals surface area contributed by atoms with Crippen molar-refractivity contribution in [3.8, 4) is 0 Å². The molecule has 1 rings (SSSR count). The van der Waals surface area contributed by atoms with Crippen LogP contribution in [0.2, 0.25) is 0 Å². The van der Waals surface area contributed by atoms with E-state index in [1.54, 1.807) is 4.90 Å². The molecule has 1 aliphatic heterocycles. The van der Waals surface area contributed by atoms with Crippen molar-refractivity contribution < 1.29 is 9.53 Å². The van der Waals surface area contributed by atoms with Gasteiger partial charge in [-0.25, -0.2) is 4.79 Å². The smallest absolute Gasteiger partial charge is 0.410 e. The quantitative estimate of drug-likeness (QED) is 0.476. The maximum absolute atomic E-state index is 11.2. The van der Waals surface area contributed by atoms with Crippen LogP contribution in [0, 0.1) is 0 Å². The largest absolute Gasteiger partial charge is 0.449 e. The first-order chi connectivity index (χ1) is 5.84. The van der Waals surface area contributed by atoms with E-state index in [9.17, 15) is 4.79 Å². The van der Waals surface area contributed by atoms with Crippen molar-refractivity contribution in [1.82, 2.24) is 4.90 Å². The molecule has 3 nitrogen and oxygen atoms in total. The molecule has 0 aromatic rings. The number of ether oxygens (including phenoxy) is 1. The molecular formula is C9H15NO2. The first-order valence-electron chi connectivity index (χ1n) is 4.41. The van der Waals surface area contributed by atoms with Crippen molar-refractivity contribution in [2.24, 2.45) is 0 Å². The van der Waals surface area contributed by atoms with Crippen LogP contribution in [0.1, 0.15) is 19.8 Å². The van der Waals surface area contributed by atoms with Crippen molar-refractivity contribution in [2.45, 2.75) is 19.8 Å². The van der Waals surface area contributed by atoms with Gasteiger partial charge in [-0.3, -0.25) is 0 Å². The van der Waals surface area contributed by atoms with E-state index < -0.39 is 0 Å². The average Bonchev–Trinajstić information content (AvgIpc) is 2.56. The molecule has 0 aromatic heterocycles. The third kappa shape index (κ3) is 2.57. The molecule has 1 aliphatic rings. The highest BCUT2D eigenvalue weighted by Crippen LogP contribution is 2.02. The van der Waals surface area contributed by atoms with Crippen LogP contribution in [0.5, 0.6) is 0 Å². The van der Waals surface area contributed by atoms with Crippen LogP contribution in [-0.4, -0.2) is 30.7 Å². The second-order valence-electron chi connectivity index (χ2n) is 2.84. The van der Waals surface area contributed by atoms with E-state index in [1.807, 2.05) is 12.2 Å². The standard InChI is InChI=1S/C9H15NO2/c1-2-3-8-12-9(11)10-6-4-5-7-10/h4-5H,2-3,6-8H2,1H3. The fourth-order valence-electron chi connectivity index (χ4n) is 1.02. The highest BCUT2D eigenvalue weighted by molar-refractivity contribution is 5.68. The Labute approximate surface area is 73.0 Å². The molecule has 0 atom stereocenters. The third-order valence-corrected chi connectivity index (χ3v) is 1.80. The summed E-state index contributed by atoms with van der Waals surface area (Å²) in [6.07, 6.45) is 5.77. The molecule has 68 valence electrons. The molecule has 0 aliphatic carbocycles. The van der Waals surface area contributed by atoms with Crippen LogP contribution in [-0.2, 0) is 4.74 Å². The summed E-state index contributed by atoms with van der Waals surface area (Å²) >= 11 is 0. The molecule has 0 saturated heterocycles. The molecular weight excluding hydrogens is 154 g/mol. The summed E-state index contributed by atoms with van der Waals surface area (Å²) in [6.45, 7) is 4.02. The molecule has 0 N–H and O–H groups in total. The van der Waals surface area contributed by atoms with Crippen LogP contribution in [0.4, 0.5) is 4.79 Å². The van der Waals surface area contributed by atoms with Crippen LogP contribution < -0.4 is 0 Å². The third-order valence-electron chi connectivity index (χ3n) is 1.80. The molecule has 0 saturated carbocycles. The summed E-state index contributed by atoms with van der Waals surface area (Å²) in [5.41, 5.74) is 0. The number of unbranched alkanes of at least 4 members (excludes halogenated alkanes) is 1. The highest BCUT2D eigenvalue weighted by Gasteiger charge is 2.14. The lowest BCUT2D eigenvalue weighted by Gasteiger charge is -2.14. The van der Waals surface area contributed by atoms with Gasteiger partial charge in [0.05, 0.1) is 6.61 Å². The Bertz CT molecular complexity index is 169. The molecule has 0 bridgehead atoms. The highest BCUT2D eigenvalue weighted by atomic mass is 16.6. The summed E-state index contributed by atoms with van der Waals surface area (Å²) in [5, 5.41) is 0. The van der Waals surface area contributed by atoms with Crippen molar-refractivity contribution in [3.63, 3.8) is 0 Å². The minimum Gasteiger partial charge on any atom is -0.449 e. The number of hydrogen-bond acceptors (Lipinski definition) is 2. The Morgan fingerprint density at radius 1 is 1.50 bits per heavy atom. The maximum Gasteiger partial charge on any atom is 0.410 e. The Balaban J connectivity index is 2.11. The summed E-state index contributed by atoms with van der Waals surface area (Å²) < 4.78 is 5.01. The number of carbonyl (C=O) groups is 1. The van der Waals surface area contributed by atoms with Gasteiger partial charge in [0.1, 0.15) is 0 Å². The molecule has 0 aromatic carbocycles. The summed E-state index contributed by atoms with van der Waals surface area (Å²) in [5.74, 6) is 0. The average molecular weight is 169 g/mol. The van der Waals surface area contributed by atoms with Crippen molar-refractivity contribution in [2.75, 3.05) is 19.7 Å². The second kappa shape index (κ2) is 4.80. The van der Waals surface area contributed by atoms with Gasteiger partial charge in [-0.2, -0.15) is 0 Å². The van der Waals surface area contributed by atoms with Crippen LogP contribution in [0.15, 0.2) is 12.2 Å². The fourth-order valence-corrected chi connectivity index (χ4v) is 1.02. The van der Waals surface area contributed by atoms with Crippen molar-refractivity contribution >= 4 is 6.09 Å². The van der Waals surface area contributed by atoms with Crippen molar-refractivity contribution in [1.29, 1.82) is 0 Å². The predicted molar refractivity (Wildman–Crippen MR) is 47.0 cm³/mol. The molecule has 1 amide bonds. The Morgan fingerprint density at radius 3 is 2.75 bits per heavy atom. The van der Waals surface area contributed by atoms with Gasteiger partial charge in [0.15, 0.2) is 0 Å². The van der Waals surface area contributed by atoms with Gasteiger partial charge in [-0.05, 0) is 6.42 Å². The summed E-state index contributed by atoms with van der Waals surface area (Å²) in [7, 11) is 0. The monoisotopic (exact) mass is 169 g/mol. The van der Waals surface area contributed by atoms with Crippen LogP contribution in [0.25, 0.3) is 0 Å². The fraction of sp³-hybridized carbons (Fsp3) is 0.667. The van der Waals surface area contributed by atoms with Gasteiger partial charge in [0, 0.05) is 13.1 Å².